The van der Waals surface area contributed by atoms with Gasteiger partial charge in [-0.05, 0) is 31.7 Å². The Hall–Kier alpha value is -0.770. The van der Waals surface area contributed by atoms with E-state index in [0.717, 1.165) is 31.1 Å². The summed E-state index contributed by atoms with van der Waals surface area (Å²) < 4.78 is 4.96. The molecular weight excluding hydrogens is 270 g/mol. The summed E-state index contributed by atoms with van der Waals surface area (Å²) in [6.07, 6.45) is 7.58. The average Bonchev–Trinajstić information content (AvgIpc) is 2.83. The van der Waals surface area contributed by atoms with Crippen molar-refractivity contribution in [1.82, 2.24) is 4.90 Å². The lowest BCUT2D eigenvalue weighted by Crippen LogP contribution is -2.43. The topological polar surface area (TPSA) is 33.5 Å². The zero-order valence-electron chi connectivity index (χ0n) is 9.19. The lowest BCUT2D eigenvalue weighted by Gasteiger charge is -2.35. The van der Waals surface area contributed by atoms with Gasteiger partial charge in [0.1, 0.15) is 6.26 Å². The highest BCUT2D eigenvalue weighted by Gasteiger charge is 2.27. The summed E-state index contributed by atoms with van der Waals surface area (Å²) in [7, 11) is 0. The minimum Gasteiger partial charge on any atom is -0.472 e. The summed E-state index contributed by atoms with van der Waals surface area (Å²) >= 11 is 3.45. The molecule has 0 spiro atoms. The highest BCUT2D eigenvalue weighted by molar-refractivity contribution is 9.09. The van der Waals surface area contributed by atoms with E-state index in [9.17, 15) is 4.79 Å². The summed E-state index contributed by atoms with van der Waals surface area (Å²) in [5, 5.41) is 0.951. The molecule has 2 rings (SSSR count). The Morgan fingerprint density at radius 2 is 2.44 bits per heavy atom. The lowest BCUT2D eigenvalue weighted by molar-refractivity contribution is 0.0609. The van der Waals surface area contributed by atoms with Gasteiger partial charge in [-0.2, -0.15) is 0 Å². The first kappa shape index (κ1) is 11.7. The van der Waals surface area contributed by atoms with Gasteiger partial charge in [-0.3, -0.25) is 4.79 Å². The van der Waals surface area contributed by atoms with Gasteiger partial charge >= 0.3 is 0 Å². The Kier molecular flexibility index (Phi) is 4.04. The van der Waals surface area contributed by atoms with E-state index in [1.807, 2.05) is 4.90 Å². The van der Waals surface area contributed by atoms with E-state index in [4.69, 9.17) is 4.42 Å². The Morgan fingerprint density at radius 1 is 1.56 bits per heavy atom. The summed E-state index contributed by atoms with van der Waals surface area (Å²) in [5.41, 5.74) is 0.668. The van der Waals surface area contributed by atoms with E-state index in [2.05, 4.69) is 15.9 Å². The van der Waals surface area contributed by atoms with Crippen molar-refractivity contribution in [1.29, 1.82) is 0 Å². The molecule has 0 radical (unpaired) electrons. The molecule has 1 unspecified atom stereocenters. The number of likely N-dealkylation sites (tertiary alicyclic amines) is 1. The summed E-state index contributed by atoms with van der Waals surface area (Å²) in [5.74, 6) is 0.111. The highest BCUT2D eigenvalue weighted by Crippen LogP contribution is 2.22. The molecule has 0 aliphatic carbocycles. The standard InChI is InChI=1S/C12H16BrNO2/c13-6-4-11-3-1-2-7-14(11)12(15)10-5-8-16-9-10/h5,8-9,11H,1-4,6-7H2. The van der Waals surface area contributed by atoms with Crippen LogP contribution in [0, 0.1) is 0 Å². The molecule has 4 heteroatoms. The van der Waals surface area contributed by atoms with E-state index < -0.39 is 0 Å². The van der Waals surface area contributed by atoms with Gasteiger partial charge < -0.3 is 9.32 Å². The van der Waals surface area contributed by atoms with Gasteiger partial charge in [0.2, 0.25) is 0 Å². The number of amides is 1. The maximum atomic E-state index is 12.2. The fourth-order valence-electron chi connectivity index (χ4n) is 2.25. The van der Waals surface area contributed by atoms with Crippen molar-refractivity contribution in [3.8, 4) is 0 Å². The highest BCUT2D eigenvalue weighted by atomic mass is 79.9. The van der Waals surface area contributed by atoms with E-state index in [-0.39, 0.29) is 5.91 Å². The molecule has 0 bridgehead atoms. The van der Waals surface area contributed by atoms with Gasteiger partial charge in [0, 0.05) is 17.9 Å². The fourth-order valence-corrected chi connectivity index (χ4v) is 2.77. The van der Waals surface area contributed by atoms with Crippen molar-refractivity contribution in [2.45, 2.75) is 31.7 Å². The van der Waals surface area contributed by atoms with Crippen LogP contribution in [0.3, 0.4) is 0 Å². The summed E-state index contributed by atoms with van der Waals surface area (Å²) in [4.78, 5) is 14.2. The zero-order chi connectivity index (χ0) is 11.4. The molecule has 1 aliphatic rings. The molecule has 0 aromatic carbocycles. The second-order valence-electron chi connectivity index (χ2n) is 4.14. The Labute approximate surface area is 104 Å². The van der Waals surface area contributed by atoms with Gasteiger partial charge in [-0.25, -0.2) is 0 Å². The molecule has 88 valence electrons. The van der Waals surface area contributed by atoms with Crippen LogP contribution in [0.25, 0.3) is 0 Å². The lowest BCUT2D eigenvalue weighted by atomic mass is 9.99. The van der Waals surface area contributed by atoms with Crippen LogP contribution in [-0.2, 0) is 0 Å². The SMILES string of the molecule is O=C(c1ccoc1)N1CCCCC1CCBr. The van der Waals surface area contributed by atoms with Gasteiger partial charge in [-0.1, -0.05) is 15.9 Å². The maximum Gasteiger partial charge on any atom is 0.257 e. The number of furan rings is 1. The maximum absolute atomic E-state index is 12.2. The first-order valence-electron chi connectivity index (χ1n) is 5.72. The third kappa shape index (κ3) is 2.48. The van der Waals surface area contributed by atoms with E-state index in [1.54, 1.807) is 12.3 Å². The fraction of sp³-hybridized carbons (Fsp3) is 0.583. The van der Waals surface area contributed by atoms with Crippen molar-refractivity contribution < 1.29 is 9.21 Å². The predicted molar refractivity (Wildman–Crippen MR) is 65.8 cm³/mol. The molecule has 0 N–H and O–H groups in total. The predicted octanol–water partition coefficient (Wildman–Crippen LogP) is 3.06. The Bertz CT molecular complexity index is 335. The second kappa shape index (κ2) is 5.53. The Balaban J connectivity index is 2.08. The number of piperidine rings is 1. The molecule has 16 heavy (non-hydrogen) atoms. The number of carbonyl (C=O) groups is 1. The second-order valence-corrected chi connectivity index (χ2v) is 4.93. The van der Waals surface area contributed by atoms with Gasteiger partial charge in [0.15, 0.2) is 0 Å². The van der Waals surface area contributed by atoms with Gasteiger partial charge in [0.05, 0.1) is 11.8 Å². The molecular formula is C12H16BrNO2. The first-order chi connectivity index (χ1) is 7.83. The minimum absolute atomic E-state index is 0.111. The van der Waals surface area contributed by atoms with Crippen molar-refractivity contribution in [3.05, 3.63) is 24.2 Å². The van der Waals surface area contributed by atoms with Crippen LogP contribution in [0.5, 0.6) is 0 Å². The number of rotatable bonds is 3. The molecule has 1 aliphatic heterocycles. The molecule has 1 atom stereocenters. The van der Waals surface area contributed by atoms with Crippen LogP contribution in [-0.4, -0.2) is 28.7 Å². The molecule has 1 amide bonds. The number of carbonyl (C=O) groups excluding carboxylic acids is 1. The first-order valence-corrected chi connectivity index (χ1v) is 6.84. The zero-order valence-corrected chi connectivity index (χ0v) is 10.8. The van der Waals surface area contributed by atoms with Crippen molar-refractivity contribution >= 4 is 21.8 Å². The number of hydrogen-bond donors (Lipinski definition) is 0. The van der Waals surface area contributed by atoms with E-state index in [1.165, 1.54) is 12.7 Å². The monoisotopic (exact) mass is 285 g/mol. The summed E-state index contributed by atoms with van der Waals surface area (Å²) in [6.45, 7) is 0.877. The van der Waals surface area contributed by atoms with Gasteiger partial charge in [0.25, 0.3) is 5.91 Å². The average molecular weight is 286 g/mol. The van der Waals surface area contributed by atoms with Crippen LogP contribution in [0.4, 0.5) is 0 Å². The van der Waals surface area contributed by atoms with Crippen LogP contribution < -0.4 is 0 Å². The number of hydrogen-bond acceptors (Lipinski definition) is 2. The number of alkyl halides is 1. The molecule has 1 fully saturated rings. The van der Waals surface area contributed by atoms with Crippen LogP contribution >= 0.6 is 15.9 Å². The van der Waals surface area contributed by atoms with E-state index in [0.29, 0.717) is 11.6 Å². The van der Waals surface area contributed by atoms with E-state index >= 15 is 0 Å². The third-order valence-electron chi connectivity index (χ3n) is 3.10. The third-order valence-corrected chi connectivity index (χ3v) is 3.56. The Morgan fingerprint density at radius 3 is 3.12 bits per heavy atom. The molecule has 1 aromatic heterocycles. The van der Waals surface area contributed by atoms with Crippen LogP contribution in [0.15, 0.2) is 23.0 Å². The quantitative estimate of drug-likeness (QED) is 0.800. The molecule has 1 saturated heterocycles. The van der Waals surface area contributed by atoms with Gasteiger partial charge in [-0.15, -0.1) is 0 Å². The summed E-state index contributed by atoms with van der Waals surface area (Å²) in [6, 6.07) is 2.12. The number of halogens is 1. The molecule has 0 saturated carbocycles. The van der Waals surface area contributed by atoms with Crippen LogP contribution in [0.2, 0.25) is 0 Å². The minimum atomic E-state index is 0.111. The van der Waals surface area contributed by atoms with Crippen molar-refractivity contribution in [2.75, 3.05) is 11.9 Å². The van der Waals surface area contributed by atoms with Crippen molar-refractivity contribution in [3.63, 3.8) is 0 Å². The van der Waals surface area contributed by atoms with Crippen molar-refractivity contribution in [2.24, 2.45) is 0 Å². The van der Waals surface area contributed by atoms with Crippen LogP contribution in [0.1, 0.15) is 36.0 Å². The number of nitrogens with zero attached hydrogens (tertiary/aromatic N) is 1. The smallest absolute Gasteiger partial charge is 0.257 e. The molecule has 3 nitrogen and oxygen atoms in total. The molecule has 1 aromatic rings. The normalized spacial score (nSPS) is 21.1. The largest absolute Gasteiger partial charge is 0.472 e. The molecule has 2 heterocycles.